The Bertz CT molecular complexity index is 484. The van der Waals surface area contributed by atoms with Crippen LogP contribution in [-0.4, -0.2) is 33.9 Å². The Labute approximate surface area is 113 Å². The highest BCUT2D eigenvalue weighted by molar-refractivity contribution is 5.79. The van der Waals surface area contributed by atoms with Gasteiger partial charge in [-0.15, -0.1) is 0 Å². The number of nitrogens with two attached hydrogens (primary N) is 2. The minimum atomic E-state index is -0.0121. The van der Waals surface area contributed by atoms with Crippen molar-refractivity contribution in [3.63, 3.8) is 0 Å². The maximum atomic E-state index is 12.4. The van der Waals surface area contributed by atoms with E-state index in [4.69, 9.17) is 11.5 Å². The van der Waals surface area contributed by atoms with Crippen molar-refractivity contribution in [3.8, 4) is 0 Å². The minimum Gasteiger partial charge on any atom is -0.383 e. The quantitative estimate of drug-likeness (QED) is 0.832. The van der Waals surface area contributed by atoms with Crippen LogP contribution in [0.25, 0.3) is 0 Å². The van der Waals surface area contributed by atoms with Gasteiger partial charge in [0, 0.05) is 24.6 Å². The van der Waals surface area contributed by atoms with Crippen molar-refractivity contribution < 1.29 is 4.79 Å². The first-order valence-electron chi connectivity index (χ1n) is 6.76. The van der Waals surface area contributed by atoms with Gasteiger partial charge in [0.1, 0.15) is 5.82 Å². The molecule has 6 nitrogen and oxygen atoms in total. The molecular weight excluding hydrogens is 242 g/mol. The highest BCUT2D eigenvalue weighted by Gasteiger charge is 2.29. The van der Waals surface area contributed by atoms with E-state index in [1.54, 1.807) is 0 Å². The van der Waals surface area contributed by atoms with Gasteiger partial charge in [0.05, 0.1) is 5.69 Å². The monoisotopic (exact) mass is 263 g/mol. The van der Waals surface area contributed by atoms with Crippen LogP contribution in [0, 0.1) is 5.92 Å². The van der Waals surface area contributed by atoms with E-state index < -0.39 is 0 Å². The van der Waals surface area contributed by atoms with Gasteiger partial charge in [-0.2, -0.15) is 4.98 Å². The zero-order chi connectivity index (χ0) is 14.0. The molecule has 1 unspecified atom stereocenters. The summed E-state index contributed by atoms with van der Waals surface area (Å²) in [6.45, 7) is 5.48. The van der Waals surface area contributed by atoms with E-state index in [0.29, 0.717) is 12.2 Å². The van der Waals surface area contributed by atoms with E-state index in [9.17, 15) is 4.79 Å². The van der Waals surface area contributed by atoms with Crippen molar-refractivity contribution in [2.24, 2.45) is 5.92 Å². The van der Waals surface area contributed by atoms with Crippen molar-refractivity contribution in [2.45, 2.75) is 33.1 Å². The molecule has 0 aliphatic heterocycles. The molecule has 0 spiro atoms. The van der Waals surface area contributed by atoms with Crippen LogP contribution in [0.15, 0.2) is 0 Å². The number of nitrogen functional groups attached to an aromatic ring is 2. The van der Waals surface area contributed by atoms with Crippen LogP contribution in [0.3, 0.4) is 0 Å². The molecule has 0 bridgehead atoms. The SMILES string of the molecule is CCN(CC)C(=O)C1CCc2nc(N)nc(N)c2C1. The summed E-state index contributed by atoms with van der Waals surface area (Å²) in [4.78, 5) is 22.4. The van der Waals surface area contributed by atoms with E-state index in [-0.39, 0.29) is 17.8 Å². The van der Waals surface area contributed by atoms with E-state index in [1.165, 1.54) is 0 Å². The third-order valence-electron chi connectivity index (χ3n) is 3.75. The molecule has 1 aromatic rings. The van der Waals surface area contributed by atoms with Crippen LogP contribution in [0.5, 0.6) is 0 Å². The first kappa shape index (κ1) is 13.6. The lowest BCUT2D eigenvalue weighted by molar-refractivity contribution is -0.135. The predicted octanol–water partition coefficient (Wildman–Crippen LogP) is 0.614. The molecule has 1 aliphatic carbocycles. The van der Waals surface area contributed by atoms with Gasteiger partial charge in [-0.05, 0) is 33.1 Å². The standard InChI is InChI=1S/C13H21N5O/c1-3-18(4-2)12(19)8-5-6-10-9(7-8)11(14)17-13(15)16-10/h8H,3-7H2,1-2H3,(H4,14,15,16,17). The van der Waals surface area contributed by atoms with Crippen molar-refractivity contribution in [2.75, 3.05) is 24.6 Å². The Morgan fingerprint density at radius 3 is 2.63 bits per heavy atom. The second-order valence-electron chi connectivity index (χ2n) is 4.84. The maximum Gasteiger partial charge on any atom is 0.226 e. The Hall–Kier alpha value is -1.85. The number of carbonyl (C=O) groups is 1. The molecule has 0 saturated carbocycles. The van der Waals surface area contributed by atoms with E-state index in [2.05, 4.69) is 9.97 Å². The first-order valence-corrected chi connectivity index (χ1v) is 6.76. The van der Waals surface area contributed by atoms with Gasteiger partial charge in [-0.3, -0.25) is 4.79 Å². The second kappa shape index (κ2) is 5.42. The van der Waals surface area contributed by atoms with Gasteiger partial charge in [-0.25, -0.2) is 4.98 Å². The average molecular weight is 263 g/mol. The number of nitrogens with zero attached hydrogens (tertiary/aromatic N) is 3. The Kier molecular flexibility index (Phi) is 3.87. The third-order valence-corrected chi connectivity index (χ3v) is 3.75. The summed E-state index contributed by atoms with van der Waals surface area (Å²) < 4.78 is 0. The fraction of sp³-hybridized carbons (Fsp3) is 0.615. The lowest BCUT2D eigenvalue weighted by atomic mass is 9.85. The van der Waals surface area contributed by atoms with Crippen molar-refractivity contribution in [1.82, 2.24) is 14.9 Å². The van der Waals surface area contributed by atoms with E-state index in [1.807, 2.05) is 18.7 Å². The molecule has 4 N–H and O–H groups in total. The summed E-state index contributed by atoms with van der Waals surface area (Å²) in [6, 6.07) is 0. The molecule has 1 atom stereocenters. The summed E-state index contributed by atoms with van der Waals surface area (Å²) in [5.74, 6) is 0.818. The molecule has 1 aliphatic rings. The fourth-order valence-electron chi connectivity index (χ4n) is 2.66. The van der Waals surface area contributed by atoms with Crippen LogP contribution in [0.1, 0.15) is 31.5 Å². The van der Waals surface area contributed by atoms with Crippen LogP contribution in [0.4, 0.5) is 11.8 Å². The summed E-state index contributed by atoms with van der Waals surface area (Å²) in [5, 5.41) is 0. The number of anilines is 2. The molecule has 1 heterocycles. The van der Waals surface area contributed by atoms with Crippen molar-refractivity contribution in [1.29, 1.82) is 0 Å². The Morgan fingerprint density at radius 1 is 1.32 bits per heavy atom. The summed E-state index contributed by atoms with van der Waals surface area (Å²) in [5.41, 5.74) is 13.3. The smallest absolute Gasteiger partial charge is 0.226 e. The molecule has 0 radical (unpaired) electrons. The number of aryl methyl sites for hydroxylation is 1. The predicted molar refractivity (Wildman–Crippen MR) is 74.3 cm³/mol. The lowest BCUT2D eigenvalue weighted by Gasteiger charge is -2.28. The maximum absolute atomic E-state index is 12.4. The Balaban J connectivity index is 2.20. The molecule has 1 aromatic heterocycles. The number of rotatable bonds is 3. The topological polar surface area (TPSA) is 98.1 Å². The lowest BCUT2D eigenvalue weighted by Crippen LogP contribution is -2.38. The zero-order valence-electron chi connectivity index (χ0n) is 11.5. The number of hydrogen-bond acceptors (Lipinski definition) is 5. The minimum absolute atomic E-state index is 0.0121. The van der Waals surface area contributed by atoms with Gasteiger partial charge in [0.25, 0.3) is 0 Å². The van der Waals surface area contributed by atoms with Gasteiger partial charge in [0.2, 0.25) is 11.9 Å². The van der Waals surface area contributed by atoms with Crippen LogP contribution >= 0.6 is 0 Å². The normalized spacial score (nSPS) is 17.9. The molecule has 19 heavy (non-hydrogen) atoms. The van der Waals surface area contributed by atoms with E-state index >= 15 is 0 Å². The molecule has 0 saturated heterocycles. The number of carbonyl (C=O) groups excluding carboxylic acids is 1. The van der Waals surface area contributed by atoms with Crippen molar-refractivity contribution >= 4 is 17.7 Å². The second-order valence-corrected chi connectivity index (χ2v) is 4.84. The van der Waals surface area contributed by atoms with Gasteiger partial charge in [-0.1, -0.05) is 0 Å². The average Bonchev–Trinajstić information content (AvgIpc) is 2.39. The van der Waals surface area contributed by atoms with Gasteiger partial charge >= 0.3 is 0 Å². The Morgan fingerprint density at radius 2 is 2.00 bits per heavy atom. The molecule has 1 amide bonds. The number of amides is 1. The molecule has 0 aromatic carbocycles. The summed E-state index contributed by atoms with van der Waals surface area (Å²) in [7, 11) is 0. The molecule has 2 rings (SSSR count). The number of hydrogen-bond donors (Lipinski definition) is 2. The molecule has 6 heteroatoms. The number of fused-ring (bicyclic) bond motifs is 1. The van der Waals surface area contributed by atoms with E-state index in [0.717, 1.165) is 37.2 Å². The largest absolute Gasteiger partial charge is 0.383 e. The van der Waals surface area contributed by atoms with Gasteiger partial charge in [0.15, 0.2) is 0 Å². The number of aromatic nitrogens is 2. The fourth-order valence-corrected chi connectivity index (χ4v) is 2.66. The summed E-state index contributed by atoms with van der Waals surface area (Å²) >= 11 is 0. The molecular formula is C13H21N5O. The van der Waals surface area contributed by atoms with Crippen molar-refractivity contribution in [3.05, 3.63) is 11.3 Å². The first-order chi connectivity index (χ1) is 9.06. The highest BCUT2D eigenvalue weighted by atomic mass is 16.2. The molecule has 104 valence electrons. The van der Waals surface area contributed by atoms with Crippen LogP contribution < -0.4 is 11.5 Å². The third kappa shape index (κ3) is 2.62. The molecule has 0 fully saturated rings. The van der Waals surface area contributed by atoms with Crippen LogP contribution in [0.2, 0.25) is 0 Å². The van der Waals surface area contributed by atoms with Gasteiger partial charge < -0.3 is 16.4 Å². The summed E-state index contributed by atoms with van der Waals surface area (Å²) in [6.07, 6.45) is 2.17. The van der Waals surface area contributed by atoms with Crippen LogP contribution in [-0.2, 0) is 17.6 Å². The highest BCUT2D eigenvalue weighted by Crippen LogP contribution is 2.29. The zero-order valence-corrected chi connectivity index (χ0v) is 11.5.